The zero-order valence-electron chi connectivity index (χ0n) is 16.5. The van der Waals surface area contributed by atoms with Crippen molar-refractivity contribution in [2.24, 2.45) is 5.41 Å². The smallest absolute Gasteiger partial charge is 0.353 e. The van der Waals surface area contributed by atoms with Crippen molar-refractivity contribution in [2.45, 2.75) is 45.2 Å². The summed E-state index contributed by atoms with van der Waals surface area (Å²) in [4.78, 5) is 13.3. The zero-order valence-corrected chi connectivity index (χ0v) is 16.5. The molecule has 6 nitrogen and oxygen atoms in total. The van der Waals surface area contributed by atoms with Crippen LogP contribution in [0.25, 0.3) is 11.2 Å². The molecule has 0 amide bonds. The lowest BCUT2D eigenvalue weighted by Gasteiger charge is -2.20. The molecular formula is C21H21F3N6. The molecule has 0 saturated heterocycles. The second-order valence-corrected chi connectivity index (χ2v) is 8.10. The number of alkyl halides is 3. The largest absolute Gasteiger partial charge is 0.396 e. The number of rotatable bonds is 4. The zero-order chi connectivity index (χ0) is 20.9. The minimum Gasteiger partial charge on any atom is -0.353 e. The van der Waals surface area contributed by atoms with E-state index < -0.39 is 11.6 Å². The van der Waals surface area contributed by atoms with Crippen LogP contribution in [0, 0.1) is 12.3 Å². The van der Waals surface area contributed by atoms with Crippen molar-refractivity contribution in [1.82, 2.24) is 24.6 Å². The standard InChI is InChI=1S/C21H21F3N6/c1-13-11-30-18(27-13)7-6-17(29-30)14-4-2-3-5-16-15(14)10-25-19(28-16)26-12-20(8-9-20)21(22,23)24/h4,6-7,10-11H,2-3,5,8-9,12H2,1H3,(H,25,26,28). The molecule has 1 N–H and O–H groups in total. The van der Waals surface area contributed by atoms with Crippen LogP contribution in [0.1, 0.15) is 48.3 Å². The molecule has 0 aromatic carbocycles. The van der Waals surface area contributed by atoms with Crippen molar-refractivity contribution < 1.29 is 13.2 Å². The van der Waals surface area contributed by atoms with Crippen molar-refractivity contribution in [3.63, 3.8) is 0 Å². The second kappa shape index (κ2) is 6.78. The first kappa shape index (κ1) is 19.0. The highest BCUT2D eigenvalue weighted by Gasteiger charge is 2.62. The van der Waals surface area contributed by atoms with E-state index in [1.807, 2.05) is 25.3 Å². The number of allylic oxidation sites excluding steroid dienone is 1. The molecule has 0 radical (unpaired) electrons. The number of hydrogen-bond donors (Lipinski definition) is 1. The number of aromatic nitrogens is 5. The van der Waals surface area contributed by atoms with Gasteiger partial charge in [-0.05, 0) is 51.2 Å². The van der Waals surface area contributed by atoms with Gasteiger partial charge in [-0.1, -0.05) is 6.08 Å². The third kappa shape index (κ3) is 3.32. The van der Waals surface area contributed by atoms with Gasteiger partial charge in [-0.15, -0.1) is 0 Å². The van der Waals surface area contributed by atoms with Gasteiger partial charge >= 0.3 is 6.18 Å². The maximum absolute atomic E-state index is 13.2. The van der Waals surface area contributed by atoms with E-state index in [4.69, 9.17) is 0 Å². The Morgan fingerprint density at radius 2 is 2.03 bits per heavy atom. The highest BCUT2D eigenvalue weighted by Crippen LogP contribution is 2.57. The SMILES string of the molecule is Cc1cn2nc(C3=CCCCc4nc(NCC5(C(F)(F)F)CC5)ncc43)ccc2n1. The number of nitrogens with one attached hydrogen (secondary N) is 1. The molecule has 1 saturated carbocycles. The fraction of sp³-hybridized carbons (Fsp3) is 0.429. The van der Waals surface area contributed by atoms with E-state index in [-0.39, 0.29) is 25.3 Å². The molecule has 0 bridgehead atoms. The van der Waals surface area contributed by atoms with Crippen LogP contribution in [-0.4, -0.2) is 37.3 Å². The first-order valence-corrected chi connectivity index (χ1v) is 10.1. The van der Waals surface area contributed by atoms with E-state index in [2.05, 4.69) is 31.4 Å². The highest BCUT2D eigenvalue weighted by atomic mass is 19.4. The van der Waals surface area contributed by atoms with Gasteiger partial charge in [-0.25, -0.2) is 19.5 Å². The molecule has 2 aliphatic rings. The monoisotopic (exact) mass is 414 g/mol. The van der Waals surface area contributed by atoms with Crippen LogP contribution in [0.5, 0.6) is 0 Å². The predicted molar refractivity (Wildman–Crippen MR) is 106 cm³/mol. The van der Waals surface area contributed by atoms with Crippen LogP contribution in [0.4, 0.5) is 19.1 Å². The van der Waals surface area contributed by atoms with Gasteiger partial charge in [-0.2, -0.15) is 18.3 Å². The molecule has 0 atom stereocenters. The summed E-state index contributed by atoms with van der Waals surface area (Å²) in [6.45, 7) is 1.73. The molecule has 30 heavy (non-hydrogen) atoms. The van der Waals surface area contributed by atoms with E-state index in [1.54, 1.807) is 10.7 Å². The van der Waals surface area contributed by atoms with E-state index in [1.165, 1.54) is 0 Å². The van der Waals surface area contributed by atoms with Gasteiger partial charge < -0.3 is 5.32 Å². The van der Waals surface area contributed by atoms with E-state index in [0.717, 1.165) is 53.1 Å². The number of nitrogens with zero attached hydrogens (tertiary/aromatic N) is 5. The Morgan fingerprint density at radius 3 is 2.80 bits per heavy atom. The number of imidazole rings is 1. The molecule has 5 rings (SSSR count). The summed E-state index contributed by atoms with van der Waals surface area (Å²) in [5.74, 6) is 0.249. The van der Waals surface area contributed by atoms with Gasteiger partial charge in [0.1, 0.15) is 0 Å². The summed E-state index contributed by atoms with van der Waals surface area (Å²) in [5, 5.41) is 7.49. The Labute approximate surface area is 171 Å². The van der Waals surface area contributed by atoms with Crippen molar-refractivity contribution in [2.75, 3.05) is 11.9 Å². The molecule has 9 heteroatoms. The third-order valence-electron chi connectivity index (χ3n) is 5.88. The number of aryl methyl sites for hydroxylation is 2. The summed E-state index contributed by atoms with van der Waals surface area (Å²) < 4.78 is 41.3. The minimum atomic E-state index is -4.20. The fourth-order valence-corrected chi connectivity index (χ4v) is 3.89. The van der Waals surface area contributed by atoms with Crippen LogP contribution in [0.2, 0.25) is 0 Å². The maximum Gasteiger partial charge on any atom is 0.396 e. The number of anilines is 1. The number of hydrogen-bond acceptors (Lipinski definition) is 5. The quantitative estimate of drug-likeness (QED) is 0.688. The predicted octanol–water partition coefficient (Wildman–Crippen LogP) is 4.35. The van der Waals surface area contributed by atoms with Crippen LogP contribution < -0.4 is 5.32 Å². The molecule has 0 unspecified atom stereocenters. The van der Waals surface area contributed by atoms with E-state index >= 15 is 0 Å². The van der Waals surface area contributed by atoms with Gasteiger partial charge in [-0.3, -0.25) is 0 Å². The molecule has 1 fully saturated rings. The summed E-state index contributed by atoms with van der Waals surface area (Å²) in [5.41, 5.74) is 3.48. The van der Waals surface area contributed by atoms with E-state index in [9.17, 15) is 13.2 Å². The molecule has 3 aromatic heterocycles. The van der Waals surface area contributed by atoms with Crippen LogP contribution >= 0.6 is 0 Å². The Balaban J connectivity index is 1.43. The lowest BCUT2D eigenvalue weighted by Crippen LogP contribution is -2.32. The van der Waals surface area contributed by atoms with Gasteiger partial charge in [0, 0.05) is 23.9 Å². The molecule has 3 aromatic rings. The summed E-state index contributed by atoms with van der Waals surface area (Å²) >= 11 is 0. The van der Waals surface area contributed by atoms with Gasteiger partial charge in [0.2, 0.25) is 5.95 Å². The first-order valence-electron chi connectivity index (χ1n) is 10.1. The Hall–Kier alpha value is -2.97. The normalized spacial score (nSPS) is 17.9. The Kier molecular flexibility index (Phi) is 4.30. The average molecular weight is 414 g/mol. The second-order valence-electron chi connectivity index (χ2n) is 8.10. The van der Waals surface area contributed by atoms with Crippen molar-refractivity contribution in [3.8, 4) is 0 Å². The van der Waals surface area contributed by atoms with Gasteiger partial charge in [0.25, 0.3) is 0 Å². The molecule has 0 aliphatic heterocycles. The lowest BCUT2D eigenvalue weighted by molar-refractivity contribution is -0.182. The van der Waals surface area contributed by atoms with E-state index in [0.29, 0.717) is 0 Å². The highest BCUT2D eigenvalue weighted by molar-refractivity contribution is 5.79. The van der Waals surface area contributed by atoms with Crippen molar-refractivity contribution in [1.29, 1.82) is 0 Å². The van der Waals surface area contributed by atoms with Gasteiger partial charge in [0.15, 0.2) is 5.65 Å². The Morgan fingerprint density at radius 1 is 1.20 bits per heavy atom. The van der Waals surface area contributed by atoms with Crippen LogP contribution in [0.15, 0.2) is 30.6 Å². The van der Waals surface area contributed by atoms with Gasteiger partial charge in [0.05, 0.1) is 28.7 Å². The first-order chi connectivity index (χ1) is 14.3. The topological polar surface area (TPSA) is 68.0 Å². The number of fused-ring (bicyclic) bond motifs is 2. The lowest BCUT2D eigenvalue weighted by atomic mass is 10.0. The maximum atomic E-state index is 13.2. The fourth-order valence-electron chi connectivity index (χ4n) is 3.89. The third-order valence-corrected chi connectivity index (χ3v) is 5.88. The molecule has 0 spiro atoms. The number of halogens is 3. The average Bonchev–Trinajstić information content (AvgIpc) is 3.45. The summed E-state index contributed by atoms with van der Waals surface area (Å²) in [6.07, 6.45) is 4.32. The molecule has 2 aliphatic carbocycles. The molecule has 3 heterocycles. The minimum absolute atomic E-state index is 0.156. The molecule has 156 valence electrons. The Bertz CT molecular complexity index is 1140. The van der Waals surface area contributed by atoms with Crippen molar-refractivity contribution >= 4 is 17.2 Å². The van der Waals surface area contributed by atoms with Crippen LogP contribution in [-0.2, 0) is 6.42 Å². The van der Waals surface area contributed by atoms with Crippen molar-refractivity contribution in [3.05, 3.63) is 53.2 Å². The van der Waals surface area contributed by atoms with Crippen LogP contribution in [0.3, 0.4) is 0 Å². The summed E-state index contributed by atoms with van der Waals surface area (Å²) in [6, 6.07) is 3.85. The summed E-state index contributed by atoms with van der Waals surface area (Å²) in [7, 11) is 0. The molecular weight excluding hydrogens is 393 g/mol.